The molecule has 0 saturated heterocycles. The van der Waals surface area contributed by atoms with Gasteiger partial charge in [0, 0.05) is 44.4 Å². The lowest BCUT2D eigenvalue weighted by Crippen LogP contribution is -2.18. The highest BCUT2D eigenvalue weighted by molar-refractivity contribution is 6.34. The summed E-state index contributed by atoms with van der Waals surface area (Å²) in [6.07, 6.45) is 2.58. The lowest BCUT2D eigenvalue weighted by molar-refractivity contribution is 0.102. The Balaban J connectivity index is 1.56. The van der Waals surface area contributed by atoms with E-state index in [1.54, 1.807) is 18.3 Å². The topological polar surface area (TPSA) is 77.4 Å². The minimum atomic E-state index is -0.290. The third-order valence-corrected chi connectivity index (χ3v) is 4.34. The van der Waals surface area contributed by atoms with Gasteiger partial charge in [-0.3, -0.25) is 4.79 Å². The first-order valence-corrected chi connectivity index (χ1v) is 8.26. The zero-order chi connectivity index (χ0) is 16.5. The molecular formula is C16H17ClN4O3. The van der Waals surface area contributed by atoms with Gasteiger partial charge in [-0.1, -0.05) is 11.6 Å². The molecule has 0 saturated carbocycles. The van der Waals surface area contributed by atoms with Crippen molar-refractivity contribution in [3.8, 4) is 11.5 Å². The predicted molar refractivity (Wildman–Crippen MR) is 89.2 cm³/mol. The smallest absolute Gasteiger partial charge is 0.275 e. The van der Waals surface area contributed by atoms with Crippen molar-refractivity contribution >= 4 is 23.2 Å². The Labute approximate surface area is 143 Å². The number of benzene rings is 1. The monoisotopic (exact) mass is 348 g/mol. The first-order chi connectivity index (χ1) is 11.7. The number of hydrogen-bond donors (Lipinski definition) is 2. The van der Waals surface area contributed by atoms with Gasteiger partial charge in [-0.05, 0) is 0 Å². The number of hydrogen-bond acceptors (Lipinski definition) is 5. The van der Waals surface area contributed by atoms with Crippen molar-refractivity contribution in [1.29, 1.82) is 0 Å². The third-order valence-electron chi connectivity index (χ3n) is 4.03. The van der Waals surface area contributed by atoms with Gasteiger partial charge < -0.3 is 24.7 Å². The number of nitrogens with one attached hydrogen (secondary N) is 2. The quantitative estimate of drug-likeness (QED) is 0.864. The maximum Gasteiger partial charge on any atom is 0.275 e. The number of rotatable bonds is 2. The van der Waals surface area contributed by atoms with E-state index in [1.165, 1.54) is 0 Å². The first kappa shape index (κ1) is 15.3. The van der Waals surface area contributed by atoms with Crippen LogP contribution in [0.25, 0.3) is 0 Å². The van der Waals surface area contributed by atoms with Crippen LogP contribution in [0.5, 0.6) is 11.5 Å². The molecule has 0 fully saturated rings. The number of ether oxygens (including phenoxy) is 2. The first-order valence-electron chi connectivity index (χ1n) is 7.88. The molecule has 1 aromatic heterocycles. The average Bonchev–Trinajstić information content (AvgIpc) is 2.86. The third kappa shape index (κ3) is 2.92. The highest BCUT2D eigenvalue weighted by Gasteiger charge is 2.19. The molecule has 2 aromatic rings. The molecule has 24 heavy (non-hydrogen) atoms. The van der Waals surface area contributed by atoms with E-state index in [9.17, 15) is 4.79 Å². The molecule has 0 aliphatic carbocycles. The van der Waals surface area contributed by atoms with E-state index < -0.39 is 0 Å². The van der Waals surface area contributed by atoms with Crippen LogP contribution in [0.3, 0.4) is 0 Å². The van der Waals surface area contributed by atoms with Crippen LogP contribution in [0.15, 0.2) is 18.3 Å². The molecule has 2 aliphatic rings. The molecule has 0 spiro atoms. The number of halogens is 1. The summed E-state index contributed by atoms with van der Waals surface area (Å²) in [5, 5.41) is 6.50. The van der Waals surface area contributed by atoms with Crippen LogP contribution < -0.4 is 20.1 Å². The SMILES string of the molecule is O=C(Nc1cc2c(cc1Cl)OCCO2)c1cn2c(n1)CCNCC2. The van der Waals surface area contributed by atoms with Crippen LogP contribution in [0, 0.1) is 0 Å². The predicted octanol–water partition coefficient (Wildman–Crippen LogP) is 1.71. The molecular weight excluding hydrogens is 332 g/mol. The normalized spacial score (nSPS) is 16.2. The zero-order valence-corrected chi connectivity index (χ0v) is 13.7. The Hall–Kier alpha value is -2.25. The van der Waals surface area contributed by atoms with Crippen molar-refractivity contribution < 1.29 is 14.3 Å². The molecule has 2 N–H and O–H groups in total. The van der Waals surface area contributed by atoms with Crippen LogP contribution in [-0.4, -0.2) is 41.8 Å². The van der Waals surface area contributed by atoms with Crippen molar-refractivity contribution in [3.63, 3.8) is 0 Å². The summed E-state index contributed by atoms with van der Waals surface area (Å²) in [6, 6.07) is 3.33. The van der Waals surface area contributed by atoms with Crippen molar-refractivity contribution in [1.82, 2.24) is 14.9 Å². The summed E-state index contributed by atoms with van der Waals surface area (Å²) < 4.78 is 13.0. The number of fused-ring (bicyclic) bond motifs is 2. The summed E-state index contributed by atoms with van der Waals surface area (Å²) >= 11 is 6.23. The molecule has 1 aromatic carbocycles. The molecule has 0 atom stereocenters. The van der Waals surface area contributed by atoms with Gasteiger partial charge in [-0.2, -0.15) is 0 Å². The number of imidazole rings is 1. The summed E-state index contributed by atoms with van der Waals surface area (Å²) in [5.74, 6) is 1.79. The largest absolute Gasteiger partial charge is 0.486 e. The fourth-order valence-electron chi connectivity index (χ4n) is 2.83. The van der Waals surface area contributed by atoms with Gasteiger partial charge >= 0.3 is 0 Å². The van der Waals surface area contributed by atoms with Crippen LogP contribution in [0.1, 0.15) is 16.3 Å². The van der Waals surface area contributed by atoms with Gasteiger partial charge in [0.25, 0.3) is 5.91 Å². The molecule has 0 radical (unpaired) electrons. The fraction of sp³-hybridized carbons (Fsp3) is 0.375. The van der Waals surface area contributed by atoms with Crippen LogP contribution in [0.2, 0.25) is 5.02 Å². The van der Waals surface area contributed by atoms with Gasteiger partial charge in [0.1, 0.15) is 24.7 Å². The van der Waals surface area contributed by atoms with Crippen LogP contribution in [-0.2, 0) is 13.0 Å². The second-order valence-corrected chi connectivity index (χ2v) is 6.07. The zero-order valence-electron chi connectivity index (χ0n) is 13.0. The highest BCUT2D eigenvalue weighted by Crippen LogP contribution is 2.38. The number of amides is 1. The Morgan fingerprint density at radius 2 is 2.04 bits per heavy atom. The number of carbonyl (C=O) groups is 1. The molecule has 3 heterocycles. The van der Waals surface area contributed by atoms with E-state index in [2.05, 4.69) is 15.6 Å². The molecule has 2 aliphatic heterocycles. The van der Waals surface area contributed by atoms with Gasteiger partial charge in [-0.25, -0.2) is 4.98 Å². The van der Waals surface area contributed by atoms with Crippen LogP contribution >= 0.6 is 11.6 Å². The lowest BCUT2D eigenvalue weighted by atomic mass is 10.2. The highest BCUT2D eigenvalue weighted by atomic mass is 35.5. The molecule has 7 nitrogen and oxygen atoms in total. The number of aromatic nitrogens is 2. The fourth-order valence-corrected chi connectivity index (χ4v) is 3.03. The second-order valence-electron chi connectivity index (χ2n) is 5.67. The van der Waals surface area contributed by atoms with E-state index in [4.69, 9.17) is 21.1 Å². The van der Waals surface area contributed by atoms with E-state index in [0.29, 0.717) is 41.1 Å². The van der Waals surface area contributed by atoms with Gasteiger partial charge in [0.15, 0.2) is 11.5 Å². The van der Waals surface area contributed by atoms with Crippen molar-refractivity contribution in [2.24, 2.45) is 0 Å². The van der Waals surface area contributed by atoms with Crippen molar-refractivity contribution in [2.45, 2.75) is 13.0 Å². The van der Waals surface area contributed by atoms with E-state index >= 15 is 0 Å². The maximum absolute atomic E-state index is 12.5. The Kier molecular flexibility index (Phi) is 4.03. The minimum Gasteiger partial charge on any atom is -0.486 e. The lowest BCUT2D eigenvalue weighted by Gasteiger charge is -2.19. The molecule has 0 unspecified atom stereocenters. The van der Waals surface area contributed by atoms with E-state index in [0.717, 1.165) is 31.9 Å². The van der Waals surface area contributed by atoms with Gasteiger partial charge in [0.05, 0.1) is 10.7 Å². The Bertz CT molecular complexity index is 766. The molecule has 8 heteroatoms. The maximum atomic E-state index is 12.5. The number of anilines is 1. The standard InChI is InChI=1S/C16H17ClN4O3/c17-10-7-13-14(24-6-5-23-13)8-11(10)20-16(22)12-9-21-4-3-18-2-1-15(21)19-12/h7-9,18H,1-6H2,(H,20,22). The van der Waals surface area contributed by atoms with E-state index in [1.807, 2.05) is 4.57 Å². The van der Waals surface area contributed by atoms with Gasteiger partial charge in [-0.15, -0.1) is 0 Å². The summed E-state index contributed by atoms with van der Waals surface area (Å²) in [7, 11) is 0. The second kappa shape index (κ2) is 6.33. The number of carbonyl (C=O) groups excluding carboxylic acids is 1. The molecule has 4 rings (SSSR count). The average molecular weight is 349 g/mol. The molecule has 0 bridgehead atoms. The Morgan fingerprint density at radius 3 is 2.88 bits per heavy atom. The summed E-state index contributed by atoms with van der Waals surface area (Å²) in [4.78, 5) is 16.9. The minimum absolute atomic E-state index is 0.290. The van der Waals surface area contributed by atoms with Crippen molar-refractivity contribution in [2.75, 3.05) is 31.6 Å². The molecule has 1 amide bonds. The Morgan fingerprint density at radius 1 is 1.25 bits per heavy atom. The molecule has 126 valence electrons. The van der Waals surface area contributed by atoms with Crippen LogP contribution in [0.4, 0.5) is 5.69 Å². The summed E-state index contributed by atoms with van der Waals surface area (Å²) in [6.45, 7) is 3.51. The summed E-state index contributed by atoms with van der Waals surface area (Å²) in [5.41, 5.74) is 0.869. The van der Waals surface area contributed by atoms with E-state index in [-0.39, 0.29) is 5.91 Å². The van der Waals surface area contributed by atoms with Gasteiger partial charge in [0.2, 0.25) is 0 Å². The number of nitrogens with zero attached hydrogens (tertiary/aromatic N) is 2. The van der Waals surface area contributed by atoms with Crippen molar-refractivity contribution in [3.05, 3.63) is 34.9 Å².